The number of nitrogens with zero attached hydrogens (tertiary/aromatic N) is 1. The van der Waals surface area contributed by atoms with Gasteiger partial charge in [0.1, 0.15) is 0 Å². The summed E-state index contributed by atoms with van der Waals surface area (Å²) in [6, 6.07) is 96.2. The maximum Gasteiger partial charge on any atom is 0.0713 e. The number of hydrogen-bond donors (Lipinski definition) is 0. The Labute approximate surface area is 395 Å². The van der Waals surface area contributed by atoms with Gasteiger partial charge in [-0.2, -0.15) is 0 Å². The van der Waals surface area contributed by atoms with Gasteiger partial charge in [-0.1, -0.05) is 206 Å². The highest BCUT2D eigenvalue weighted by Gasteiger charge is 2.46. The summed E-state index contributed by atoms with van der Waals surface area (Å²) in [4.78, 5) is 2.39. The van der Waals surface area contributed by atoms with Crippen LogP contribution < -0.4 is 4.90 Å². The lowest BCUT2D eigenvalue weighted by molar-refractivity contribution is 0.769. The first-order chi connectivity index (χ1) is 33.2. The number of anilines is 3. The number of rotatable bonds is 8. The maximum atomic E-state index is 2.45. The monoisotopic (exact) mass is 869 g/mol. The molecule has 0 N–H and O–H groups in total. The molecule has 1 heterocycles. The van der Waals surface area contributed by atoms with Crippen molar-refractivity contribution in [3.8, 4) is 44.5 Å². The standard InChI is InChI=1S/C65H43NS/c1-3-17-49(18-4-1)65(50-19-5-2-6-20-50)60-26-11-9-22-57(60)58-42-35-48(43-61(58)65)44-29-36-51(37-30-44)66(52-38-31-46(32-39-52)55-24-13-16-45-15-7-8-21-54(45)55)53-40-33-47(34-41-53)56-25-14-28-63-64(56)59-23-10-12-27-62(59)67-63/h1-43H. The Morgan fingerprint density at radius 2 is 0.776 bits per heavy atom. The molecule has 1 aromatic heterocycles. The van der Waals surface area contributed by atoms with Crippen molar-refractivity contribution in [1.29, 1.82) is 0 Å². The van der Waals surface area contributed by atoms with E-state index < -0.39 is 5.41 Å². The number of fused-ring (bicyclic) bond motifs is 7. The van der Waals surface area contributed by atoms with Crippen LogP contribution in [-0.4, -0.2) is 0 Å². The van der Waals surface area contributed by atoms with Crippen molar-refractivity contribution in [2.24, 2.45) is 0 Å². The molecule has 12 aromatic rings. The molecule has 0 saturated heterocycles. The Kier molecular flexibility index (Phi) is 9.33. The highest BCUT2D eigenvalue weighted by atomic mass is 32.1. The summed E-state index contributed by atoms with van der Waals surface area (Å²) in [5.41, 5.74) is 17.9. The molecule has 0 fully saturated rings. The van der Waals surface area contributed by atoms with Gasteiger partial charge < -0.3 is 4.90 Å². The number of thiophene rings is 1. The molecule has 0 bridgehead atoms. The Bertz CT molecular complexity index is 3730. The molecule has 0 spiro atoms. The molecule has 314 valence electrons. The van der Waals surface area contributed by atoms with Crippen LogP contribution in [-0.2, 0) is 5.41 Å². The van der Waals surface area contributed by atoms with E-state index in [0.29, 0.717) is 0 Å². The lowest BCUT2D eigenvalue weighted by atomic mass is 9.67. The van der Waals surface area contributed by atoms with Crippen molar-refractivity contribution in [2.45, 2.75) is 5.41 Å². The second-order valence-corrected chi connectivity index (χ2v) is 18.7. The molecule has 2 heteroatoms. The molecule has 0 radical (unpaired) electrons. The summed E-state index contributed by atoms with van der Waals surface area (Å²) in [5.74, 6) is 0. The second-order valence-electron chi connectivity index (χ2n) is 17.6. The molecular formula is C65H43NS. The van der Waals surface area contributed by atoms with Crippen LogP contribution in [0, 0.1) is 0 Å². The largest absolute Gasteiger partial charge is 0.311 e. The zero-order chi connectivity index (χ0) is 44.3. The van der Waals surface area contributed by atoms with E-state index in [4.69, 9.17) is 0 Å². The average molecular weight is 870 g/mol. The fourth-order valence-corrected chi connectivity index (χ4v) is 12.1. The van der Waals surface area contributed by atoms with Gasteiger partial charge in [0, 0.05) is 37.2 Å². The minimum absolute atomic E-state index is 0.451. The summed E-state index contributed by atoms with van der Waals surface area (Å²) in [7, 11) is 0. The van der Waals surface area contributed by atoms with Crippen LogP contribution in [0.15, 0.2) is 261 Å². The van der Waals surface area contributed by atoms with Crippen LogP contribution in [0.25, 0.3) is 75.5 Å². The van der Waals surface area contributed by atoms with Crippen molar-refractivity contribution >= 4 is 59.3 Å². The normalized spacial score (nSPS) is 12.6. The number of hydrogen-bond acceptors (Lipinski definition) is 2. The maximum absolute atomic E-state index is 2.45. The topological polar surface area (TPSA) is 3.24 Å². The van der Waals surface area contributed by atoms with Crippen molar-refractivity contribution in [3.05, 3.63) is 283 Å². The van der Waals surface area contributed by atoms with Crippen molar-refractivity contribution in [1.82, 2.24) is 0 Å². The predicted octanol–water partition coefficient (Wildman–Crippen LogP) is 18.0. The van der Waals surface area contributed by atoms with Crippen LogP contribution in [0.5, 0.6) is 0 Å². The van der Waals surface area contributed by atoms with E-state index in [1.807, 2.05) is 11.3 Å². The Morgan fingerprint density at radius 3 is 1.48 bits per heavy atom. The minimum Gasteiger partial charge on any atom is -0.311 e. The molecule has 0 unspecified atom stereocenters. The fourth-order valence-electron chi connectivity index (χ4n) is 10.9. The molecule has 1 aliphatic rings. The Balaban J connectivity index is 0.917. The molecule has 13 rings (SSSR count). The van der Waals surface area contributed by atoms with Crippen LogP contribution in [0.3, 0.4) is 0 Å². The van der Waals surface area contributed by atoms with Gasteiger partial charge in [-0.3, -0.25) is 0 Å². The molecule has 0 saturated carbocycles. The van der Waals surface area contributed by atoms with Crippen molar-refractivity contribution < 1.29 is 0 Å². The van der Waals surface area contributed by atoms with E-state index in [1.54, 1.807) is 0 Å². The Morgan fingerprint density at radius 1 is 0.299 bits per heavy atom. The first kappa shape index (κ1) is 39.1. The van der Waals surface area contributed by atoms with E-state index in [-0.39, 0.29) is 0 Å². The fraction of sp³-hybridized carbons (Fsp3) is 0.0154. The highest BCUT2D eigenvalue weighted by Crippen LogP contribution is 2.57. The molecule has 67 heavy (non-hydrogen) atoms. The van der Waals surface area contributed by atoms with E-state index in [1.165, 1.54) is 97.7 Å². The quantitative estimate of drug-likeness (QED) is 0.147. The third-order valence-electron chi connectivity index (χ3n) is 14.0. The van der Waals surface area contributed by atoms with E-state index in [2.05, 4.69) is 266 Å². The number of benzene rings is 11. The lowest BCUT2D eigenvalue weighted by Gasteiger charge is -2.34. The van der Waals surface area contributed by atoms with Crippen LogP contribution in [0.2, 0.25) is 0 Å². The van der Waals surface area contributed by atoms with Gasteiger partial charge in [0.2, 0.25) is 0 Å². The first-order valence-electron chi connectivity index (χ1n) is 23.1. The van der Waals surface area contributed by atoms with Crippen LogP contribution >= 0.6 is 11.3 Å². The SMILES string of the molecule is c1ccc(C2(c3ccccc3)c3ccccc3-c3ccc(-c4ccc(N(c5ccc(-c6cccc7ccccc67)cc5)c5ccc(-c6cccc7sc8ccccc8c67)cc5)cc4)cc32)cc1. The molecular weight excluding hydrogens is 827 g/mol. The third kappa shape index (κ3) is 6.37. The molecule has 0 amide bonds. The Hall–Kier alpha value is -8.30. The van der Waals surface area contributed by atoms with E-state index >= 15 is 0 Å². The van der Waals surface area contributed by atoms with Gasteiger partial charge in [-0.15, -0.1) is 11.3 Å². The summed E-state index contributed by atoms with van der Waals surface area (Å²) >= 11 is 1.86. The van der Waals surface area contributed by atoms with E-state index in [0.717, 1.165) is 17.1 Å². The second kappa shape index (κ2) is 16.0. The van der Waals surface area contributed by atoms with Gasteiger partial charge in [-0.25, -0.2) is 0 Å². The lowest BCUT2D eigenvalue weighted by Crippen LogP contribution is -2.28. The van der Waals surface area contributed by atoms with Crippen molar-refractivity contribution in [2.75, 3.05) is 4.90 Å². The van der Waals surface area contributed by atoms with Gasteiger partial charge in [0.15, 0.2) is 0 Å². The first-order valence-corrected chi connectivity index (χ1v) is 23.9. The van der Waals surface area contributed by atoms with Crippen LogP contribution in [0.1, 0.15) is 22.3 Å². The molecule has 0 atom stereocenters. The molecule has 0 aliphatic heterocycles. The smallest absolute Gasteiger partial charge is 0.0713 e. The third-order valence-corrected chi connectivity index (χ3v) is 15.1. The van der Waals surface area contributed by atoms with Gasteiger partial charge in [-0.05, 0) is 132 Å². The average Bonchev–Trinajstić information content (AvgIpc) is 3.94. The minimum atomic E-state index is -0.451. The van der Waals surface area contributed by atoms with Crippen molar-refractivity contribution in [3.63, 3.8) is 0 Å². The zero-order valence-electron chi connectivity index (χ0n) is 36.7. The summed E-state index contributed by atoms with van der Waals surface area (Å²) in [5, 5.41) is 5.15. The molecule has 11 aromatic carbocycles. The summed E-state index contributed by atoms with van der Waals surface area (Å²) < 4.78 is 2.63. The highest BCUT2D eigenvalue weighted by molar-refractivity contribution is 7.25. The molecule has 1 aliphatic carbocycles. The molecule has 1 nitrogen and oxygen atoms in total. The summed E-state index contributed by atoms with van der Waals surface area (Å²) in [6.45, 7) is 0. The van der Waals surface area contributed by atoms with Crippen LogP contribution in [0.4, 0.5) is 17.1 Å². The van der Waals surface area contributed by atoms with Gasteiger partial charge in [0.25, 0.3) is 0 Å². The predicted molar refractivity (Wildman–Crippen MR) is 285 cm³/mol. The van der Waals surface area contributed by atoms with Gasteiger partial charge >= 0.3 is 0 Å². The zero-order valence-corrected chi connectivity index (χ0v) is 37.5. The summed E-state index contributed by atoms with van der Waals surface area (Å²) in [6.07, 6.45) is 0. The van der Waals surface area contributed by atoms with Gasteiger partial charge in [0.05, 0.1) is 5.41 Å². The van der Waals surface area contributed by atoms with E-state index in [9.17, 15) is 0 Å².